The molecule has 0 saturated heterocycles. The molecule has 1 aliphatic rings. The van der Waals surface area contributed by atoms with Crippen molar-refractivity contribution in [1.82, 2.24) is 0 Å². The van der Waals surface area contributed by atoms with Gasteiger partial charge in [-0.3, -0.25) is 4.79 Å². The molecule has 0 bridgehead atoms. The SMILES string of the molecule is COc1cc(/C=C2/c3ccc(F)cc3C(CC(N)=O)C2C)cc(OC)c1OC. The lowest BCUT2D eigenvalue weighted by molar-refractivity contribution is -0.118. The molecule has 2 N–H and O–H groups in total. The van der Waals surface area contributed by atoms with Crippen molar-refractivity contribution in [2.45, 2.75) is 19.3 Å². The van der Waals surface area contributed by atoms with Crippen LogP contribution < -0.4 is 19.9 Å². The molecule has 5 nitrogen and oxygen atoms in total. The first-order valence-electron chi connectivity index (χ1n) is 8.99. The number of ether oxygens (including phenoxy) is 3. The highest BCUT2D eigenvalue weighted by Gasteiger charge is 2.34. The smallest absolute Gasteiger partial charge is 0.218 e. The topological polar surface area (TPSA) is 70.8 Å². The van der Waals surface area contributed by atoms with E-state index in [0.29, 0.717) is 17.2 Å². The first kappa shape index (κ1) is 19.7. The third-order valence-electron chi connectivity index (χ3n) is 5.25. The molecule has 0 aliphatic heterocycles. The van der Waals surface area contributed by atoms with Crippen LogP contribution in [0.4, 0.5) is 4.39 Å². The van der Waals surface area contributed by atoms with Crippen LogP contribution in [0.25, 0.3) is 11.6 Å². The number of allylic oxidation sites excluding steroid dienone is 1. The molecule has 2 unspecified atom stereocenters. The Labute approximate surface area is 163 Å². The molecular weight excluding hydrogens is 361 g/mol. The molecule has 0 saturated carbocycles. The third kappa shape index (κ3) is 3.54. The average molecular weight is 385 g/mol. The highest BCUT2D eigenvalue weighted by molar-refractivity contribution is 5.89. The van der Waals surface area contributed by atoms with Crippen LogP contribution in [-0.4, -0.2) is 27.2 Å². The summed E-state index contributed by atoms with van der Waals surface area (Å²) in [6.07, 6.45) is 2.18. The molecule has 6 heteroatoms. The van der Waals surface area contributed by atoms with Gasteiger partial charge in [-0.2, -0.15) is 0 Å². The van der Waals surface area contributed by atoms with E-state index in [-0.39, 0.29) is 24.1 Å². The van der Waals surface area contributed by atoms with E-state index in [2.05, 4.69) is 0 Å². The van der Waals surface area contributed by atoms with E-state index in [1.807, 2.05) is 25.1 Å². The minimum absolute atomic E-state index is 0.00314. The molecule has 1 amide bonds. The molecule has 148 valence electrons. The van der Waals surface area contributed by atoms with E-state index >= 15 is 0 Å². The molecule has 1 aliphatic carbocycles. The van der Waals surface area contributed by atoms with Crippen LogP contribution in [0, 0.1) is 11.7 Å². The maximum absolute atomic E-state index is 13.9. The average Bonchev–Trinajstić information content (AvgIpc) is 2.91. The zero-order chi connectivity index (χ0) is 20.4. The van der Waals surface area contributed by atoms with Gasteiger partial charge >= 0.3 is 0 Å². The Kier molecular flexibility index (Phi) is 5.58. The molecule has 2 atom stereocenters. The molecule has 2 aromatic carbocycles. The second-order valence-electron chi connectivity index (χ2n) is 6.86. The Balaban J connectivity index is 2.13. The number of methoxy groups -OCH3 is 3. The fraction of sp³-hybridized carbons (Fsp3) is 0.318. The van der Waals surface area contributed by atoms with Crippen LogP contribution in [0.5, 0.6) is 17.2 Å². The van der Waals surface area contributed by atoms with Crippen molar-refractivity contribution in [2.24, 2.45) is 11.7 Å². The normalized spacial score (nSPS) is 19.4. The van der Waals surface area contributed by atoms with Gasteiger partial charge in [0.2, 0.25) is 11.7 Å². The quantitative estimate of drug-likeness (QED) is 0.816. The Hall–Kier alpha value is -3.02. The van der Waals surface area contributed by atoms with E-state index in [1.54, 1.807) is 27.4 Å². The van der Waals surface area contributed by atoms with E-state index in [9.17, 15) is 9.18 Å². The predicted molar refractivity (Wildman–Crippen MR) is 106 cm³/mol. The second kappa shape index (κ2) is 7.92. The van der Waals surface area contributed by atoms with Crippen molar-refractivity contribution in [3.05, 3.63) is 52.8 Å². The molecular formula is C22H24FNO4. The summed E-state index contributed by atoms with van der Waals surface area (Å²) >= 11 is 0. The van der Waals surface area contributed by atoms with Gasteiger partial charge < -0.3 is 19.9 Å². The van der Waals surface area contributed by atoms with Gasteiger partial charge in [-0.1, -0.05) is 19.1 Å². The van der Waals surface area contributed by atoms with E-state index < -0.39 is 5.91 Å². The van der Waals surface area contributed by atoms with Gasteiger partial charge in [0.25, 0.3) is 0 Å². The van der Waals surface area contributed by atoms with Gasteiger partial charge in [-0.25, -0.2) is 4.39 Å². The number of nitrogens with two attached hydrogens (primary N) is 1. The fourth-order valence-electron chi connectivity index (χ4n) is 3.91. The lowest BCUT2D eigenvalue weighted by Crippen LogP contribution is -2.17. The van der Waals surface area contributed by atoms with Crippen LogP contribution in [0.2, 0.25) is 0 Å². The van der Waals surface area contributed by atoms with Crippen molar-refractivity contribution in [3.63, 3.8) is 0 Å². The van der Waals surface area contributed by atoms with Crippen LogP contribution >= 0.6 is 0 Å². The van der Waals surface area contributed by atoms with Gasteiger partial charge in [-0.05, 0) is 58.4 Å². The van der Waals surface area contributed by atoms with Crippen molar-refractivity contribution in [2.75, 3.05) is 21.3 Å². The number of benzene rings is 2. The molecule has 3 rings (SSSR count). The summed E-state index contributed by atoms with van der Waals surface area (Å²) in [5.74, 6) is 0.732. The molecule has 0 aromatic heterocycles. The summed E-state index contributed by atoms with van der Waals surface area (Å²) in [6, 6.07) is 8.39. The maximum atomic E-state index is 13.9. The Morgan fingerprint density at radius 2 is 1.75 bits per heavy atom. The van der Waals surface area contributed by atoms with Crippen molar-refractivity contribution >= 4 is 17.6 Å². The van der Waals surface area contributed by atoms with Crippen molar-refractivity contribution < 1.29 is 23.4 Å². The summed E-state index contributed by atoms with van der Waals surface area (Å²) in [6.45, 7) is 2.02. The Bertz CT molecular complexity index is 913. The third-order valence-corrected chi connectivity index (χ3v) is 5.25. The highest BCUT2D eigenvalue weighted by Crippen LogP contribution is 2.49. The summed E-state index contributed by atoms with van der Waals surface area (Å²) in [5.41, 5.74) is 9.03. The number of carbonyl (C=O) groups is 1. The minimum atomic E-state index is -0.402. The summed E-state index contributed by atoms with van der Waals surface area (Å²) in [7, 11) is 4.68. The monoisotopic (exact) mass is 385 g/mol. The minimum Gasteiger partial charge on any atom is -0.493 e. The van der Waals surface area contributed by atoms with E-state index in [0.717, 1.165) is 22.3 Å². The highest BCUT2D eigenvalue weighted by atomic mass is 19.1. The van der Waals surface area contributed by atoms with Gasteiger partial charge in [0.1, 0.15) is 5.82 Å². The number of carbonyl (C=O) groups excluding carboxylic acids is 1. The Morgan fingerprint density at radius 3 is 2.29 bits per heavy atom. The number of halogens is 1. The number of hydrogen-bond acceptors (Lipinski definition) is 4. The first-order valence-corrected chi connectivity index (χ1v) is 8.99. The molecule has 0 heterocycles. The number of fused-ring (bicyclic) bond motifs is 1. The number of primary amides is 1. The number of amides is 1. The number of hydrogen-bond donors (Lipinski definition) is 1. The van der Waals surface area contributed by atoms with Gasteiger partial charge in [0.15, 0.2) is 11.5 Å². The standard InChI is InChI=1S/C22H24FNO4/c1-12-16(7-13-8-19(26-2)22(28-4)20(9-13)27-3)15-6-5-14(23)10-18(15)17(12)11-21(24)25/h5-10,12,17H,11H2,1-4H3,(H2,24,25)/b16-7+. The predicted octanol–water partition coefficient (Wildman–Crippen LogP) is 4.00. The molecule has 0 spiro atoms. The maximum Gasteiger partial charge on any atom is 0.218 e. The van der Waals surface area contributed by atoms with E-state index in [1.165, 1.54) is 12.1 Å². The van der Waals surface area contributed by atoms with Gasteiger partial charge in [-0.15, -0.1) is 0 Å². The van der Waals surface area contributed by atoms with Crippen LogP contribution in [-0.2, 0) is 4.79 Å². The fourth-order valence-corrected chi connectivity index (χ4v) is 3.91. The van der Waals surface area contributed by atoms with Crippen LogP contribution in [0.15, 0.2) is 30.3 Å². The van der Waals surface area contributed by atoms with Crippen LogP contribution in [0.3, 0.4) is 0 Å². The first-order chi connectivity index (χ1) is 13.4. The van der Waals surface area contributed by atoms with Crippen molar-refractivity contribution in [3.8, 4) is 17.2 Å². The number of rotatable bonds is 6. The zero-order valence-electron chi connectivity index (χ0n) is 16.4. The largest absolute Gasteiger partial charge is 0.493 e. The molecule has 2 aromatic rings. The summed E-state index contributed by atoms with van der Waals surface area (Å²) in [5, 5.41) is 0. The Morgan fingerprint density at radius 1 is 1.11 bits per heavy atom. The van der Waals surface area contributed by atoms with Gasteiger partial charge in [0.05, 0.1) is 21.3 Å². The molecule has 0 radical (unpaired) electrons. The zero-order valence-corrected chi connectivity index (χ0v) is 16.4. The molecule has 28 heavy (non-hydrogen) atoms. The van der Waals surface area contributed by atoms with Crippen molar-refractivity contribution in [1.29, 1.82) is 0 Å². The van der Waals surface area contributed by atoms with Gasteiger partial charge in [0, 0.05) is 6.42 Å². The second-order valence-corrected chi connectivity index (χ2v) is 6.86. The van der Waals surface area contributed by atoms with Crippen LogP contribution in [0.1, 0.15) is 36.0 Å². The summed E-state index contributed by atoms with van der Waals surface area (Å²) < 4.78 is 30.1. The summed E-state index contributed by atoms with van der Waals surface area (Å²) in [4.78, 5) is 11.6. The van der Waals surface area contributed by atoms with E-state index in [4.69, 9.17) is 19.9 Å². The molecule has 0 fully saturated rings. The lowest BCUT2D eigenvalue weighted by atomic mass is 9.88. The lowest BCUT2D eigenvalue weighted by Gasteiger charge is -2.16.